The van der Waals surface area contributed by atoms with Crippen LogP contribution in [0.15, 0.2) is 35.3 Å². The summed E-state index contributed by atoms with van der Waals surface area (Å²) in [7, 11) is 0. The lowest BCUT2D eigenvalue weighted by atomic mass is 9.84. The zero-order valence-corrected chi connectivity index (χ0v) is 17.6. The molecule has 2 aliphatic heterocycles. The van der Waals surface area contributed by atoms with Gasteiger partial charge >= 0.3 is 0 Å². The average molecular weight is 405 g/mol. The van der Waals surface area contributed by atoms with Gasteiger partial charge in [-0.1, -0.05) is 30.3 Å². The van der Waals surface area contributed by atoms with Crippen molar-refractivity contribution in [2.45, 2.75) is 25.8 Å². The first-order valence-electron chi connectivity index (χ1n) is 10.8. The van der Waals surface area contributed by atoms with E-state index in [4.69, 9.17) is 14.5 Å². The molecule has 0 aromatic heterocycles. The van der Waals surface area contributed by atoms with Crippen LogP contribution >= 0.6 is 0 Å². The predicted octanol–water partition coefficient (Wildman–Crippen LogP) is 1.40. The summed E-state index contributed by atoms with van der Waals surface area (Å²) in [5.41, 5.74) is 1.26. The highest BCUT2D eigenvalue weighted by Crippen LogP contribution is 2.32. The Morgan fingerprint density at radius 1 is 1.17 bits per heavy atom. The summed E-state index contributed by atoms with van der Waals surface area (Å²) >= 11 is 0. The van der Waals surface area contributed by atoms with Crippen LogP contribution in [-0.4, -0.2) is 81.7 Å². The average Bonchev–Trinajstić information content (AvgIpc) is 3.23. The monoisotopic (exact) mass is 404 g/mol. The number of aliphatic hydroxyl groups is 1. The maximum atomic E-state index is 9.46. The van der Waals surface area contributed by atoms with Crippen molar-refractivity contribution >= 4 is 5.96 Å². The van der Waals surface area contributed by atoms with Crippen LogP contribution < -0.4 is 10.6 Å². The number of nitrogens with one attached hydrogen (secondary N) is 2. The third-order valence-electron chi connectivity index (χ3n) is 5.88. The van der Waals surface area contributed by atoms with Gasteiger partial charge in [0.25, 0.3) is 0 Å². The lowest BCUT2D eigenvalue weighted by molar-refractivity contribution is 0.0170. The standard InChI is InChI=1S/C22H36N4O3/c1-2-23-21(25-17-22(8-12-27)9-13-29-18-22)24-16-20(19-6-4-3-5-7-19)26-10-14-28-15-11-26/h3-7,20,27H,2,8-18H2,1H3,(H2,23,24,25). The Kier molecular flexibility index (Phi) is 8.73. The Bertz CT molecular complexity index is 614. The first-order chi connectivity index (χ1) is 14.3. The molecule has 0 aliphatic carbocycles. The molecule has 7 heteroatoms. The van der Waals surface area contributed by atoms with Crippen LogP contribution in [0.3, 0.4) is 0 Å². The van der Waals surface area contributed by atoms with E-state index in [1.165, 1.54) is 5.56 Å². The van der Waals surface area contributed by atoms with Gasteiger partial charge in [-0.05, 0) is 25.3 Å². The zero-order valence-electron chi connectivity index (χ0n) is 17.6. The molecule has 7 nitrogen and oxygen atoms in total. The number of nitrogens with zero attached hydrogens (tertiary/aromatic N) is 2. The number of hydrogen-bond acceptors (Lipinski definition) is 5. The van der Waals surface area contributed by atoms with E-state index in [9.17, 15) is 5.11 Å². The van der Waals surface area contributed by atoms with Gasteiger partial charge in [0.15, 0.2) is 5.96 Å². The van der Waals surface area contributed by atoms with E-state index in [1.54, 1.807) is 0 Å². The first-order valence-corrected chi connectivity index (χ1v) is 10.8. The second kappa shape index (κ2) is 11.5. The minimum absolute atomic E-state index is 0.0415. The minimum atomic E-state index is -0.0415. The fraction of sp³-hybridized carbons (Fsp3) is 0.682. The molecule has 29 heavy (non-hydrogen) atoms. The van der Waals surface area contributed by atoms with Gasteiger partial charge in [0.2, 0.25) is 0 Å². The Balaban J connectivity index is 1.67. The number of benzene rings is 1. The van der Waals surface area contributed by atoms with Crippen molar-refractivity contribution in [3.8, 4) is 0 Å². The highest BCUT2D eigenvalue weighted by molar-refractivity contribution is 5.79. The van der Waals surface area contributed by atoms with Gasteiger partial charge in [-0.3, -0.25) is 9.89 Å². The molecule has 3 N–H and O–H groups in total. The molecular formula is C22H36N4O3. The van der Waals surface area contributed by atoms with Crippen LogP contribution in [0.4, 0.5) is 0 Å². The van der Waals surface area contributed by atoms with Crippen molar-refractivity contribution in [2.24, 2.45) is 10.4 Å². The summed E-state index contributed by atoms with van der Waals surface area (Å²) in [6.07, 6.45) is 1.69. The summed E-state index contributed by atoms with van der Waals surface area (Å²) in [5, 5.41) is 16.4. The fourth-order valence-electron chi connectivity index (χ4n) is 4.09. The van der Waals surface area contributed by atoms with Crippen molar-refractivity contribution in [1.29, 1.82) is 0 Å². The molecule has 1 aromatic carbocycles. The maximum absolute atomic E-state index is 9.46. The number of aliphatic imine (C=N–C) groups is 1. The van der Waals surface area contributed by atoms with Gasteiger partial charge in [-0.15, -0.1) is 0 Å². The molecule has 3 rings (SSSR count). The van der Waals surface area contributed by atoms with E-state index in [2.05, 4.69) is 52.8 Å². The summed E-state index contributed by atoms with van der Waals surface area (Å²) in [5.74, 6) is 0.825. The highest BCUT2D eigenvalue weighted by atomic mass is 16.5. The van der Waals surface area contributed by atoms with Crippen LogP contribution in [0.1, 0.15) is 31.4 Å². The molecule has 162 valence electrons. The smallest absolute Gasteiger partial charge is 0.191 e. The number of ether oxygens (including phenoxy) is 2. The number of morpholine rings is 1. The van der Waals surface area contributed by atoms with E-state index in [0.717, 1.165) is 64.8 Å². The second-order valence-corrected chi connectivity index (χ2v) is 7.93. The molecule has 2 unspecified atom stereocenters. The summed E-state index contributed by atoms with van der Waals surface area (Å²) in [4.78, 5) is 7.34. The van der Waals surface area contributed by atoms with Crippen molar-refractivity contribution in [3.63, 3.8) is 0 Å². The number of guanidine groups is 1. The number of rotatable bonds is 9. The van der Waals surface area contributed by atoms with Crippen molar-refractivity contribution in [1.82, 2.24) is 15.5 Å². The molecule has 0 bridgehead atoms. The quantitative estimate of drug-likeness (QED) is 0.427. The van der Waals surface area contributed by atoms with E-state index in [-0.39, 0.29) is 18.1 Å². The van der Waals surface area contributed by atoms with Crippen LogP contribution in [0.5, 0.6) is 0 Å². The van der Waals surface area contributed by atoms with Crippen LogP contribution in [-0.2, 0) is 9.47 Å². The zero-order chi connectivity index (χ0) is 20.4. The Morgan fingerprint density at radius 2 is 1.97 bits per heavy atom. The van der Waals surface area contributed by atoms with Gasteiger partial charge < -0.3 is 25.2 Å². The van der Waals surface area contributed by atoms with Crippen LogP contribution in [0.25, 0.3) is 0 Å². The van der Waals surface area contributed by atoms with Gasteiger partial charge in [0, 0.05) is 44.8 Å². The maximum Gasteiger partial charge on any atom is 0.191 e. The van der Waals surface area contributed by atoms with Crippen LogP contribution in [0, 0.1) is 5.41 Å². The highest BCUT2D eigenvalue weighted by Gasteiger charge is 2.34. The molecule has 2 atom stereocenters. The summed E-state index contributed by atoms with van der Waals surface area (Å²) in [6, 6.07) is 10.9. The molecule has 0 saturated carbocycles. The molecule has 2 fully saturated rings. The number of aliphatic hydroxyl groups excluding tert-OH is 1. The van der Waals surface area contributed by atoms with Gasteiger partial charge in [0.1, 0.15) is 0 Å². The third kappa shape index (κ3) is 6.40. The molecular weight excluding hydrogens is 368 g/mol. The van der Waals surface area contributed by atoms with Gasteiger partial charge in [-0.25, -0.2) is 0 Å². The molecule has 1 aromatic rings. The SMILES string of the molecule is CCNC(=NCC1(CCO)CCOC1)NCC(c1ccccc1)N1CCOCC1. The first kappa shape index (κ1) is 22.0. The van der Waals surface area contributed by atoms with Crippen LogP contribution in [0.2, 0.25) is 0 Å². The van der Waals surface area contributed by atoms with Crippen molar-refractivity contribution in [2.75, 3.05) is 65.8 Å². The topological polar surface area (TPSA) is 78.4 Å². The largest absolute Gasteiger partial charge is 0.396 e. The van der Waals surface area contributed by atoms with Gasteiger partial charge in [0.05, 0.1) is 32.4 Å². The van der Waals surface area contributed by atoms with E-state index < -0.39 is 0 Å². The Hall–Kier alpha value is -1.67. The molecule has 0 spiro atoms. The normalized spacial score (nSPS) is 24.4. The molecule has 0 radical (unpaired) electrons. The summed E-state index contributed by atoms with van der Waals surface area (Å²) < 4.78 is 11.2. The van der Waals surface area contributed by atoms with Gasteiger partial charge in [-0.2, -0.15) is 0 Å². The van der Waals surface area contributed by atoms with Crippen molar-refractivity contribution in [3.05, 3.63) is 35.9 Å². The lowest BCUT2D eigenvalue weighted by Crippen LogP contribution is -2.46. The summed E-state index contributed by atoms with van der Waals surface area (Å²) in [6.45, 7) is 9.37. The minimum Gasteiger partial charge on any atom is -0.396 e. The fourth-order valence-corrected chi connectivity index (χ4v) is 4.09. The Morgan fingerprint density at radius 3 is 2.62 bits per heavy atom. The lowest BCUT2D eigenvalue weighted by Gasteiger charge is -2.35. The molecule has 2 aliphatic rings. The van der Waals surface area contributed by atoms with E-state index >= 15 is 0 Å². The molecule has 0 amide bonds. The Labute approximate surface area is 174 Å². The second-order valence-electron chi connectivity index (χ2n) is 7.93. The number of hydrogen-bond donors (Lipinski definition) is 3. The van der Waals surface area contributed by atoms with E-state index in [0.29, 0.717) is 13.2 Å². The molecule has 2 heterocycles. The molecule has 2 saturated heterocycles. The van der Waals surface area contributed by atoms with E-state index in [1.807, 2.05) is 0 Å². The van der Waals surface area contributed by atoms with Crippen molar-refractivity contribution < 1.29 is 14.6 Å². The predicted molar refractivity (Wildman–Crippen MR) is 115 cm³/mol. The third-order valence-corrected chi connectivity index (χ3v) is 5.88.